The monoisotopic (exact) mass is 334 g/mol. The number of aliphatic hydroxyl groups excluding tert-OH is 2. The summed E-state index contributed by atoms with van der Waals surface area (Å²) < 4.78 is 10.1. The van der Waals surface area contributed by atoms with E-state index < -0.39 is 18.2 Å². The van der Waals surface area contributed by atoms with Crippen LogP contribution in [0.2, 0.25) is 0 Å². The summed E-state index contributed by atoms with van der Waals surface area (Å²) in [5.41, 5.74) is -0.0812. The molecule has 106 valence electrons. The van der Waals surface area contributed by atoms with Gasteiger partial charge in [-0.3, -0.25) is 0 Å². The fraction of sp³-hybridized carbons (Fsp3) is 0.417. The minimum absolute atomic E-state index is 0.0668. The Morgan fingerprint density at radius 2 is 1.79 bits per heavy atom. The number of halogens is 1. The molecule has 0 fully saturated rings. The second-order valence-corrected chi connectivity index (χ2v) is 4.41. The van der Waals surface area contributed by atoms with Crippen LogP contribution >= 0.6 is 15.9 Å². The van der Waals surface area contributed by atoms with E-state index in [2.05, 4.69) is 15.9 Å². The van der Waals surface area contributed by atoms with Gasteiger partial charge in [0.15, 0.2) is 11.5 Å². The topological polar surface area (TPSA) is 96.2 Å². The second kappa shape index (κ2) is 6.74. The van der Waals surface area contributed by atoms with Crippen LogP contribution in [0.25, 0.3) is 0 Å². The van der Waals surface area contributed by atoms with E-state index in [4.69, 9.17) is 14.6 Å². The average molecular weight is 335 g/mol. The van der Waals surface area contributed by atoms with Crippen molar-refractivity contribution in [1.82, 2.24) is 0 Å². The molecule has 0 aliphatic rings. The van der Waals surface area contributed by atoms with Crippen molar-refractivity contribution in [3.63, 3.8) is 0 Å². The zero-order valence-corrected chi connectivity index (χ0v) is 12.0. The molecule has 0 saturated heterocycles. The number of aliphatic hydroxyl groups is 2. The third-order valence-electron chi connectivity index (χ3n) is 2.63. The molecule has 2 unspecified atom stereocenters. The van der Waals surface area contributed by atoms with Crippen molar-refractivity contribution in [2.24, 2.45) is 0 Å². The van der Waals surface area contributed by atoms with Gasteiger partial charge in [-0.1, -0.05) is 15.9 Å². The van der Waals surface area contributed by atoms with Crippen molar-refractivity contribution < 1.29 is 29.6 Å². The van der Waals surface area contributed by atoms with E-state index in [0.717, 1.165) is 0 Å². The van der Waals surface area contributed by atoms with Gasteiger partial charge in [-0.2, -0.15) is 0 Å². The van der Waals surface area contributed by atoms with Gasteiger partial charge in [-0.15, -0.1) is 0 Å². The molecule has 0 bridgehead atoms. The number of ether oxygens (including phenoxy) is 2. The smallest absolute Gasteiger partial charge is 0.336 e. The van der Waals surface area contributed by atoms with E-state index in [0.29, 0.717) is 0 Å². The number of rotatable bonds is 6. The van der Waals surface area contributed by atoms with E-state index in [9.17, 15) is 15.0 Å². The maximum atomic E-state index is 11.2. The lowest BCUT2D eigenvalue weighted by Gasteiger charge is -2.20. The second-order valence-electron chi connectivity index (χ2n) is 3.77. The average Bonchev–Trinajstić information content (AvgIpc) is 2.43. The van der Waals surface area contributed by atoms with Crippen LogP contribution in [0.1, 0.15) is 22.0 Å². The molecule has 19 heavy (non-hydrogen) atoms. The lowest BCUT2D eigenvalue weighted by molar-refractivity contribution is 0.0326. The first kappa shape index (κ1) is 15.7. The molecule has 0 radical (unpaired) electrons. The van der Waals surface area contributed by atoms with Gasteiger partial charge in [0.2, 0.25) is 0 Å². The molecule has 0 aliphatic heterocycles. The van der Waals surface area contributed by atoms with Gasteiger partial charge in [0, 0.05) is 10.9 Å². The Labute approximate surface area is 118 Å². The molecule has 0 aromatic heterocycles. The van der Waals surface area contributed by atoms with Gasteiger partial charge in [-0.25, -0.2) is 4.79 Å². The Hall–Kier alpha value is -1.31. The summed E-state index contributed by atoms with van der Waals surface area (Å²) in [4.78, 5) is 11.2. The fourth-order valence-corrected chi connectivity index (χ4v) is 1.97. The van der Waals surface area contributed by atoms with E-state index in [-0.39, 0.29) is 28.0 Å². The summed E-state index contributed by atoms with van der Waals surface area (Å²) in [6, 6.07) is 2.60. The number of carboxylic acid groups (broad SMARTS) is 1. The quantitative estimate of drug-likeness (QED) is 0.676. The van der Waals surface area contributed by atoms with Gasteiger partial charge in [0.1, 0.15) is 6.10 Å². The minimum Gasteiger partial charge on any atom is -0.493 e. The van der Waals surface area contributed by atoms with Gasteiger partial charge in [-0.05, 0) is 12.1 Å². The SMILES string of the molecule is COc1cc(C(=O)O)c(C(O)C(O)CBr)cc1OC. The molecule has 3 N–H and O–H groups in total. The number of carbonyl (C=O) groups is 1. The Kier molecular flexibility index (Phi) is 5.59. The summed E-state index contributed by atoms with van der Waals surface area (Å²) >= 11 is 3.02. The highest BCUT2D eigenvalue weighted by molar-refractivity contribution is 9.09. The lowest BCUT2D eigenvalue weighted by Crippen LogP contribution is -2.22. The van der Waals surface area contributed by atoms with Gasteiger partial charge >= 0.3 is 5.97 Å². The first-order valence-corrected chi connectivity index (χ1v) is 6.49. The first-order chi connectivity index (χ1) is 8.96. The standard InChI is InChI=1S/C12H15BrO6/c1-18-9-3-6(11(15)8(14)5-13)7(12(16)17)4-10(9)19-2/h3-4,8,11,14-15H,5H2,1-2H3,(H,16,17). The Morgan fingerprint density at radius 3 is 2.21 bits per heavy atom. The van der Waals surface area contributed by atoms with E-state index >= 15 is 0 Å². The number of alkyl halides is 1. The van der Waals surface area contributed by atoms with Crippen LogP contribution in [0.3, 0.4) is 0 Å². The number of hydrogen-bond acceptors (Lipinski definition) is 5. The summed E-state index contributed by atoms with van der Waals surface area (Å²) in [6.07, 6.45) is -2.47. The van der Waals surface area contributed by atoms with E-state index in [1.165, 1.54) is 26.4 Å². The molecule has 7 heteroatoms. The van der Waals surface area contributed by atoms with Crippen molar-refractivity contribution in [3.05, 3.63) is 23.3 Å². The highest BCUT2D eigenvalue weighted by Gasteiger charge is 2.25. The maximum Gasteiger partial charge on any atom is 0.336 e. The molecule has 0 amide bonds. The lowest BCUT2D eigenvalue weighted by atomic mass is 9.98. The molecule has 1 rings (SSSR count). The third-order valence-corrected chi connectivity index (χ3v) is 3.29. The van der Waals surface area contributed by atoms with Gasteiger partial charge < -0.3 is 24.8 Å². The third kappa shape index (κ3) is 3.37. The number of benzene rings is 1. The van der Waals surface area contributed by atoms with Crippen molar-refractivity contribution in [3.8, 4) is 11.5 Å². The molecule has 0 spiro atoms. The van der Waals surface area contributed by atoms with Gasteiger partial charge in [0.25, 0.3) is 0 Å². The van der Waals surface area contributed by atoms with Crippen molar-refractivity contribution in [2.45, 2.75) is 12.2 Å². The van der Waals surface area contributed by atoms with Crippen LogP contribution in [0.15, 0.2) is 12.1 Å². The Bertz CT molecular complexity index is 462. The largest absolute Gasteiger partial charge is 0.493 e. The summed E-state index contributed by atoms with van der Waals surface area (Å²) in [5.74, 6) is -0.704. The number of aromatic carboxylic acids is 1. The summed E-state index contributed by atoms with van der Waals surface area (Å²) in [5, 5.41) is 28.8. The number of hydrogen-bond donors (Lipinski definition) is 3. The fourth-order valence-electron chi connectivity index (χ4n) is 1.62. The predicted molar refractivity (Wildman–Crippen MR) is 71.3 cm³/mol. The first-order valence-electron chi connectivity index (χ1n) is 5.37. The van der Waals surface area contributed by atoms with Crippen LogP contribution in [0, 0.1) is 0 Å². The number of methoxy groups -OCH3 is 2. The molecular formula is C12H15BrO6. The van der Waals surface area contributed by atoms with Crippen molar-refractivity contribution in [1.29, 1.82) is 0 Å². The molecule has 0 heterocycles. The van der Waals surface area contributed by atoms with Gasteiger partial charge in [0.05, 0.1) is 25.9 Å². The Morgan fingerprint density at radius 1 is 1.26 bits per heavy atom. The minimum atomic E-state index is -1.34. The molecule has 0 saturated carbocycles. The van der Waals surface area contributed by atoms with Crippen LogP contribution < -0.4 is 9.47 Å². The zero-order chi connectivity index (χ0) is 14.6. The zero-order valence-electron chi connectivity index (χ0n) is 10.5. The predicted octanol–water partition coefficient (Wildman–Crippen LogP) is 1.19. The Balaban J connectivity index is 3.39. The molecule has 0 aliphatic carbocycles. The van der Waals surface area contributed by atoms with Crippen LogP contribution in [0.4, 0.5) is 0 Å². The molecule has 2 atom stereocenters. The van der Waals surface area contributed by atoms with E-state index in [1.807, 2.05) is 0 Å². The number of carboxylic acids is 1. The van der Waals surface area contributed by atoms with Crippen LogP contribution in [-0.2, 0) is 0 Å². The van der Waals surface area contributed by atoms with Crippen molar-refractivity contribution >= 4 is 21.9 Å². The summed E-state index contributed by atoms with van der Waals surface area (Å²) in [6.45, 7) is 0. The highest BCUT2D eigenvalue weighted by Crippen LogP contribution is 2.34. The van der Waals surface area contributed by atoms with Crippen molar-refractivity contribution in [2.75, 3.05) is 19.5 Å². The van der Waals surface area contributed by atoms with E-state index in [1.54, 1.807) is 0 Å². The molecule has 1 aromatic rings. The molecule has 6 nitrogen and oxygen atoms in total. The molecule has 1 aromatic carbocycles. The summed E-state index contributed by atoms with van der Waals surface area (Å²) in [7, 11) is 2.78. The normalized spacial score (nSPS) is 13.7. The molecular weight excluding hydrogens is 320 g/mol. The maximum absolute atomic E-state index is 11.2. The van der Waals surface area contributed by atoms with Crippen LogP contribution in [-0.4, -0.2) is 46.9 Å². The van der Waals surface area contributed by atoms with Crippen LogP contribution in [0.5, 0.6) is 11.5 Å². The highest BCUT2D eigenvalue weighted by atomic mass is 79.9.